The number of nitrogens with zero attached hydrogens (tertiary/aromatic N) is 1. The second-order valence-electron chi connectivity index (χ2n) is 3.63. The lowest BCUT2D eigenvalue weighted by molar-refractivity contribution is 0.187. The summed E-state index contributed by atoms with van der Waals surface area (Å²) >= 11 is 0. The van der Waals surface area contributed by atoms with Crippen molar-refractivity contribution in [1.82, 2.24) is 10.2 Å². The SMILES string of the molecule is CCNC(=O)N1CCCC(S(N)(=O)=O)C1. The van der Waals surface area contributed by atoms with Crippen LogP contribution < -0.4 is 10.5 Å². The Bertz CT molecular complexity index is 328. The van der Waals surface area contributed by atoms with Crippen molar-refractivity contribution >= 4 is 16.1 Å². The van der Waals surface area contributed by atoms with Crippen LogP contribution in [-0.2, 0) is 10.0 Å². The number of sulfonamides is 1. The van der Waals surface area contributed by atoms with Crippen LogP contribution in [0.15, 0.2) is 0 Å². The molecule has 88 valence electrons. The van der Waals surface area contributed by atoms with E-state index in [1.807, 2.05) is 6.92 Å². The molecule has 1 heterocycles. The number of hydrogen-bond acceptors (Lipinski definition) is 3. The van der Waals surface area contributed by atoms with Crippen LogP contribution in [0.2, 0.25) is 0 Å². The first kappa shape index (κ1) is 12.3. The normalized spacial score (nSPS) is 22.5. The molecule has 1 aliphatic rings. The smallest absolute Gasteiger partial charge is 0.317 e. The number of nitrogens with one attached hydrogen (secondary N) is 1. The summed E-state index contributed by atoms with van der Waals surface area (Å²) in [4.78, 5) is 13.0. The Morgan fingerprint density at radius 3 is 2.80 bits per heavy atom. The lowest BCUT2D eigenvalue weighted by atomic mass is 10.1. The third-order valence-electron chi connectivity index (χ3n) is 2.46. The highest BCUT2D eigenvalue weighted by molar-refractivity contribution is 7.89. The molecule has 0 aromatic heterocycles. The van der Waals surface area contributed by atoms with Crippen LogP contribution in [0.25, 0.3) is 0 Å². The molecule has 6 nitrogen and oxygen atoms in total. The van der Waals surface area contributed by atoms with Crippen molar-refractivity contribution in [2.75, 3.05) is 19.6 Å². The van der Waals surface area contributed by atoms with Gasteiger partial charge in [-0.2, -0.15) is 0 Å². The van der Waals surface area contributed by atoms with Gasteiger partial charge in [-0.15, -0.1) is 0 Å². The van der Waals surface area contributed by atoms with Gasteiger partial charge in [0.2, 0.25) is 10.0 Å². The number of urea groups is 1. The molecule has 7 heteroatoms. The summed E-state index contributed by atoms with van der Waals surface area (Å²) in [5.74, 6) is 0. The van der Waals surface area contributed by atoms with Crippen LogP contribution in [0.5, 0.6) is 0 Å². The average Bonchev–Trinajstić information content (AvgIpc) is 2.17. The molecule has 0 spiro atoms. The highest BCUT2D eigenvalue weighted by atomic mass is 32.2. The zero-order valence-electron chi connectivity index (χ0n) is 8.77. The fourth-order valence-corrected chi connectivity index (χ4v) is 2.54. The third-order valence-corrected chi connectivity index (χ3v) is 3.77. The minimum Gasteiger partial charge on any atom is -0.338 e. The van der Waals surface area contributed by atoms with Gasteiger partial charge < -0.3 is 10.2 Å². The van der Waals surface area contributed by atoms with Gasteiger partial charge in [0.15, 0.2) is 0 Å². The second-order valence-corrected chi connectivity index (χ2v) is 5.48. The number of hydrogen-bond donors (Lipinski definition) is 2. The fourth-order valence-electron chi connectivity index (χ4n) is 1.65. The van der Waals surface area contributed by atoms with E-state index in [4.69, 9.17) is 5.14 Å². The van der Waals surface area contributed by atoms with E-state index in [1.165, 1.54) is 4.90 Å². The molecule has 1 fully saturated rings. The van der Waals surface area contributed by atoms with Gasteiger partial charge in [0.05, 0.1) is 5.25 Å². The zero-order valence-corrected chi connectivity index (χ0v) is 9.59. The molecule has 0 aromatic carbocycles. The lowest BCUT2D eigenvalue weighted by Crippen LogP contribution is -2.50. The Morgan fingerprint density at radius 1 is 1.60 bits per heavy atom. The van der Waals surface area contributed by atoms with Gasteiger partial charge in [-0.25, -0.2) is 18.4 Å². The van der Waals surface area contributed by atoms with Gasteiger partial charge >= 0.3 is 6.03 Å². The molecule has 1 aliphatic heterocycles. The molecule has 0 aromatic rings. The molecule has 1 atom stereocenters. The minimum absolute atomic E-state index is 0.199. The van der Waals surface area contributed by atoms with Gasteiger partial charge in [-0.1, -0.05) is 0 Å². The van der Waals surface area contributed by atoms with E-state index in [9.17, 15) is 13.2 Å². The summed E-state index contributed by atoms with van der Waals surface area (Å²) in [5.41, 5.74) is 0. The van der Waals surface area contributed by atoms with E-state index < -0.39 is 15.3 Å². The molecular weight excluding hydrogens is 218 g/mol. The maximum Gasteiger partial charge on any atom is 0.317 e. The predicted molar refractivity (Wildman–Crippen MR) is 56.8 cm³/mol. The summed E-state index contributed by atoms with van der Waals surface area (Å²) in [7, 11) is -3.53. The van der Waals surface area contributed by atoms with E-state index in [0.29, 0.717) is 25.9 Å². The number of carbonyl (C=O) groups excluding carboxylic acids is 1. The molecule has 0 radical (unpaired) electrons. The fraction of sp³-hybridized carbons (Fsp3) is 0.875. The quantitative estimate of drug-likeness (QED) is 0.673. The third kappa shape index (κ3) is 3.35. The van der Waals surface area contributed by atoms with Gasteiger partial charge in [0.1, 0.15) is 0 Å². The maximum absolute atomic E-state index is 11.4. The molecule has 1 rings (SSSR count). The standard InChI is InChI=1S/C8H17N3O3S/c1-2-10-8(12)11-5-3-4-7(6-11)15(9,13)14/h7H,2-6H2,1H3,(H,10,12)(H2,9,13,14). The van der Waals surface area contributed by atoms with E-state index in [2.05, 4.69) is 5.32 Å². The molecule has 0 bridgehead atoms. The van der Waals surface area contributed by atoms with Crippen molar-refractivity contribution in [3.63, 3.8) is 0 Å². The molecule has 0 saturated carbocycles. The van der Waals surface area contributed by atoms with Crippen molar-refractivity contribution in [2.45, 2.75) is 25.0 Å². The van der Waals surface area contributed by atoms with Crippen molar-refractivity contribution in [2.24, 2.45) is 5.14 Å². The largest absolute Gasteiger partial charge is 0.338 e. The first-order valence-corrected chi connectivity index (χ1v) is 6.60. The Labute approximate surface area is 89.9 Å². The highest BCUT2D eigenvalue weighted by Gasteiger charge is 2.30. The van der Waals surface area contributed by atoms with Crippen molar-refractivity contribution < 1.29 is 13.2 Å². The summed E-state index contributed by atoms with van der Waals surface area (Å²) in [6, 6.07) is -0.217. The van der Waals surface area contributed by atoms with Crippen LogP contribution in [0.3, 0.4) is 0 Å². The number of primary sulfonamides is 1. The topological polar surface area (TPSA) is 92.5 Å². The van der Waals surface area contributed by atoms with Gasteiger partial charge in [-0.05, 0) is 19.8 Å². The summed E-state index contributed by atoms with van der Waals surface area (Å²) in [6.07, 6.45) is 1.22. The number of nitrogens with two attached hydrogens (primary N) is 1. The van der Waals surface area contributed by atoms with E-state index in [1.54, 1.807) is 0 Å². The summed E-state index contributed by atoms with van der Waals surface area (Å²) in [6.45, 7) is 3.15. The Morgan fingerprint density at radius 2 is 2.27 bits per heavy atom. The van der Waals surface area contributed by atoms with Crippen molar-refractivity contribution in [3.8, 4) is 0 Å². The summed E-state index contributed by atoms with van der Waals surface area (Å²) < 4.78 is 22.3. The Hall–Kier alpha value is -0.820. The van der Waals surface area contributed by atoms with Crippen LogP contribution in [0, 0.1) is 0 Å². The van der Waals surface area contributed by atoms with E-state index >= 15 is 0 Å². The highest BCUT2D eigenvalue weighted by Crippen LogP contribution is 2.14. The molecule has 0 aliphatic carbocycles. The molecular formula is C8H17N3O3S. The van der Waals surface area contributed by atoms with Crippen LogP contribution in [0.4, 0.5) is 4.79 Å². The first-order chi connectivity index (χ1) is 6.95. The van der Waals surface area contributed by atoms with E-state index in [-0.39, 0.29) is 12.6 Å². The molecule has 2 amide bonds. The summed E-state index contributed by atoms with van der Waals surface area (Å²) in [5, 5.41) is 7.08. The zero-order chi connectivity index (χ0) is 11.5. The number of rotatable bonds is 2. The monoisotopic (exact) mass is 235 g/mol. The maximum atomic E-state index is 11.4. The number of carbonyl (C=O) groups is 1. The Kier molecular flexibility index (Phi) is 3.92. The minimum atomic E-state index is -3.53. The molecule has 1 saturated heterocycles. The van der Waals surface area contributed by atoms with Gasteiger partial charge in [0.25, 0.3) is 0 Å². The van der Waals surface area contributed by atoms with Gasteiger partial charge in [-0.3, -0.25) is 0 Å². The number of amides is 2. The molecule has 1 unspecified atom stereocenters. The molecule has 3 N–H and O–H groups in total. The van der Waals surface area contributed by atoms with E-state index in [0.717, 1.165) is 0 Å². The average molecular weight is 235 g/mol. The predicted octanol–water partition coefficient (Wildman–Crippen LogP) is -0.531. The lowest BCUT2D eigenvalue weighted by Gasteiger charge is -2.31. The Balaban J connectivity index is 2.60. The van der Waals surface area contributed by atoms with Crippen LogP contribution in [-0.4, -0.2) is 44.2 Å². The first-order valence-electron chi connectivity index (χ1n) is 4.99. The number of likely N-dealkylation sites (tertiary alicyclic amines) is 1. The van der Waals surface area contributed by atoms with Crippen molar-refractivity contribution in [3.05, 3.63) is 0 Å². The molecule has 15 heavy (non-hydrogen) atoms. The number of piperidine rings is 1. The van der Waals surface area contributed by atoms with Crippen LogP contribution in [0.1, 0.15) is 19.8 Å². The van der Waals surface area contributed by atoms with Crippen molar-refractivity contribution in [1.29, 1.82) is 0 Å². The van der Waals surface area contributed by atoms with Gasteiger partial charge in [0, 0.05) is 19.6 Å². The second kappa shape index (κ2) is 4.80. The van der Waals surface area contributed by atoms with Crippen LogP contribution >= 0.6 is 0 Å².